The smallest absolute Gasteiger partial charge is 0.410 e. The molecule has 8 heteroatoms. The number of carbonyl (C=O) groups excluding carboxylic acids is 2. The number of hydrogen-bond acceptors (Lipinski definition) is 7. The summed E-state index contributed by atoms with van der Waals surface area (Å²) < 4.78 is 16.9. The maximum Gasteiger partial charge on any atom is 0.410 e. The Morgan fingerprint density at radius 1 is 1.18 bits per heavy atom. The van der Waals surface area contributed by atoms with Crippen molar-refractivity contribution >= 4 is 12.1 Å². The van der Waals surface area contributed by atoms with Crippen LogP contribution in [0.3, 0.4) is 0 Å². The van der Waals surface area contributed by atoms with Gasteiger partial charge >= 0.3 is 12.1 Å². The van der Waals surface area contributed by atoms with Crippen molar-refractivity contribution in [1.82, 2.24) is 14.7 Å². The number of rotatable bonds is 6. The number of ether oxygens (including phenoxy) is 3. The second kappa shape index (κ2) is 11.1. The standard InChI is InChI=1S/C26H41N3O5/c1-20-16-28(17-23(30)33-18-22-10-8-7-9-11-22)26(6,21(2)27-12-14-32-15-13-27)19-29(20)24(31)34-25(3,4)5/h7-11,20-21H,12-19H2,1-6H3. The molecule has 190 valence electrons. The molecular formula is C26H41N3O5. The molecule has 3 atom stereocenters. The average Bonchev–Trinajstić information content (AvgIpc) is 2.79. The first kappa shape index (κ1) is 26.4. The monoisotopic (exact) mass is 475 g/mol. The van der Waals surface area contributed by atoms with Gasteiger partial charge in [-0.25, -0.2) is 4.79 Å². The minimum absolute atomic E-state index is 0.0933. The van der Waals surface area contributed by atoms with Gasteiger partial charge < -0.3 is 19.1 Å². The molecule has 2 saturated heterocycles. The van der Waals surface area contributed by atoms with E-state index in [0.29, 0.717) is 26.3 Å². The number of carbonyl (C=O) groups is 2. The number of esters is 1. The van der Waals surface area contributed by atoms with Gasteiger partial charge in [-0.15, -0.1) is 0 Å². The molecular weight excluding hydrogens is 434 g/mol. The summed E-state index contributed by atoms with van der Waals surface area (Å²) in [7, 11) is 0. The molecule has 1 aromatic carbocycles. The van der Waals surface area contributed by atoms with Crippen LogP contribution < -0.4 is 0 Å². The van der Waals surface area contributed by atoms with Crippen LogP contribution in [0.1, 0.15) is 47.1 Å². The Kier molecular flexibility index (Phi) is 8.60. The highest BCUT2D eigenvalue weighted by molar-refractivity contribution is 5.72. The van der Waals surface area contributed by atoms with Crippen LogP contribution in [0.5, 0.6) is 0 Å². The Bertz CT molecular complexity index is 821. The summed E-state index contributed by atoms with van der Waals surface area (Å²) in [6.07, 6.45) is -0.313. The first-order chi connectivity index (χ1) is 16.0. The Morgan fingerprint density at radius 3 is 2.44 bits per heavy atom. The lowest BCUT2D eigenvalue weighted by molar-refractivity contribution is -0.152. The van der Waals surface area contributed by atoms with Gasteiger partial charge in [0.15, 0.2) is 0 Å². The van der Waals surface area contributed by atoms with Crippen molar-refractivity contribution in [1.29, 1.82) is 0 Å². The van der Waals surface area contributed by atoms with Crippen LogP contribution in [-0.2, 0) is 25.6 Å². The van der Waals surface area contributed by atoms with E-state index < -0.39 is 11.1 Å². The molecule has 2 fully saturated rings. The van der Waals surface area contributed by atoms with E-state index in [4.69, 9.17) is 14.2 Å². The summed E-state index contributed by atoms with van der Waals surface area (Å²) in [5.41, 5.74) is -0.0723. The largest absolute Gasteiger partial charge is 0.460 e. The van der Waals surface area contributed by atoms with E-state index >= 15 is 0 Å². The Balaban J connectivity index is 1.76. The van der Waals surface area contributed by atoms with Crippen molar-refractivity contribution in [2.24, 2.45) is 0 Å². The van der Waals surface area contributed by atoms with E-state index in [1.165, 1.54) is 0 Å². The first-order valence-electron chi connectivity index (χ1n) is 12.3. The molecule has 2 aliphatic rings. The molecule has 0 bridgehead atoms. The van der Waals surface area contributed by atoms with Gasteiger partial charge in [-0.05, 0) is 47.1 Å². The van der Waals surface area contributed by atoms with Gasteiger partial charge in [0.1, 0.15) is 12.2 Å². The van der Waals surface area contributed by atoms with Gasteiger partial charge in [-0.1, -0.05) is 30.3 Å². The molecule has 0 N–H and O–H groups in total. The van der Waals surface area contributed by atoms with E-state index in [1.807, 2.05) is 62.9 Å². The van der Waals surface area contributed by atoms with E-state index in [-0.39, 0.29) is 37.3 Å². The number of benzene rings is 1. The second-order valence-electron chi connectivity index (χ2n) is 10.7. The molecule has 2 aliphatic heterocycles. The van der Waals surface area contributed by atoms with Gasteiger partial charge in [0.25, 0.3) is 0 Å². The van der Waals surface area contributed by atoms with Crippen molar-refractivity contribution < 1.29 is 23.8 Å². The lowest BCUT2D eigenvalue weighted by Crippen LogP contribution is -2.72. The third-order valence-electron chi connectivity index (χ3n) is 6.91. The zero-order valence-corrected chi connectivity index (χ0v) is 21.6. The normalized spacial score (nSPS) is 25.6. The molecule has 2 heterocycles. The molecule has 3 rings (SSSR count). The maximum atomic E-state index is 13.1. The van der Waals surface area contributed by atoms with Crippen LogP contribution >= 0.6 is 0 Å². The minimum Gasteiger partial charge on any atom is -0.460 e. The van der Waals surface area contributed by atoms with Gasteiger partial charge in [-0.3, -0.25) is 14.6 Å². The molecule has 1 aromatic rings. The van der Waals surface area contributed by atoms with E-state index in [1.54, 1.807) is 0 Å². The summed E-state index contributed by atoms with van der Waals surface area (Å²) in [5.74, 6) is -0.262. The fourth-order valence-corrected chi connectivity index (χ4v) is 4.73. The number of piperazine rings is 1. The van der Waals surface area contributed by atoms with Crippen LogP contribution in [0.15, 0.2) is 30.3 Å². The summed E-state index contributed by atoms with van der Waals surface area (Å²) in [6, 6.07) is 9.69. The van der Waals surface area contributed by atoms with Gasteiger partial charge in [0, 0.05) is 38.3 Å². The molecule has 34 heavy (non-hydrogen) atoms. The molecule has 0 spiro atoms. The van der Waals surface area contributed by atoms with Crippen LogP contribution in [0.25, 0.3) is 0 Å². The minimum atomic E-state index is -0.568. The Hall–Kier alpha value is -2.16. The second-order valence-corrected chi connectivity index (χ2v) is 10.7. The fraction of sp³-hybridized carbons (Fsp3) is 0.692. The number of nitrogens with zero attached hydrogens (tertiary/aromatic N) is 3. The van der Waals surface area contributed by atoms with Crippen molar-refractivity contribution in [2.45, 2.75) is 71.4 Å². The summed E-state index contributed by atoms with van der Waals surface area (Å²) in [4.78, 5) is 32.3. The SMILES string of the molecule is CC1CN(CC(=O)OCc2ccccc2)C(C)(C(C)N2CCOCC2)CN1C(=O)OC(C)(C)C. The van der Waals surface area contributed by atoms with Crippen LogP contribution in [0, 0.1) is 0 Å². The summed E-state index contributed by atoms with van der Waals surface area (Å²) in [5, 5.41) is 0. The van der Waals surface area contributed by atoms with Gasteiger partial charge in [0.05, 0.1) is 25.3 Å². The molecule has 0 aromatic heterocycles. The predicted molar refractivity (Wildman–Crippen MR) is 130 cm³/mol. The maximum absolute atomic E-state index is 13.1. The van der Waals surface area contributed by atoms with Crippen molar-refractivity contribution in [2.75, 3.05) is 45.9 Å². The van der Waals surface area contributed by atoms with Crippen molar-refractivity contribution in [3.05, 3.63) is 35.9 Å². The zero-order valence-electron chi connectivity index (χ0n) is 21.6. The predicted octanol–water partition coefficient (Wildman–Crippen LogP) is 3.15. The molecule has 8 nitrogen and oxygen atoms in total. The lowest BCUT2D eigenvalue weighted by atomic mass is 9.85. The molecule has 3 unspecified atom stereocenters. The fourth-order valence-electron chi connectivity index (χ4n) is 4.73. The van der Waals surface area contributed by atoms with Crippen LogP contribution in [0.2, 0.25) is 0 Å². The van der Waals surface area contributed by atoms with Gasteiger partial charge in [-0.2, -0.15) is 0 Å². The van der Waals surface area contributed by atoms with Gasteiger partial charge in [0.2, 0.25) is 0 Å². The molecule has 0 saturated carbocycles. The lowest BCUT2D eigenvalue weighted by Gasteiger charge is -2.56. The quantitative estimate of drug-likeness (QED) is 0.586. The zero-order chi connectivity index (χ0) is 24.9. The van der Waals surface area contributed by atoms with E-state index in [2.05, 4.69) is 23.6 Å². The topological polar surface area (TPSA) is 71.6 Å². The number of amides is 1. The highest BCUT2D eigenvalue weighted by Gasteiger charge is 2.49. The number of morpholine rings is 1. The van der Waals surface area contributed by atoms with Crippen LogP contribution in [0.4, 0.5) is 4.79 Å². The van der Waals surface area contributed by atoms with Crippen molar-refractivity contribution in [3.63, 3.8) is 0 Å². The average molecular weight is 476 g/mol. The first-order valence-corrected chi connectivity index (χ1v) is 12.3. The van der Waals surface area contributed by atoms with Crippen molar-refractivity contribution in [3.8, 4) is 0 Å². The van der Waals surface area contributed by atoms with E-state index in [0.717, 1.165) is 18.7 Å². The Labute approximate surface area is 204 Å². The highest BCUT2D eigenvalue weighted by atomic mass is 16.6. The highest BCUT2D eigenvalue weighted by Crippen LogP contribution is 2.32. The summed E-state index contributed by atoms with van der Waals surface area (Å²) in [6.45, 7) is 16.4. The third kappa shape index (κ3) is 6.71. The number of hydrogen-bond donors (Lipinski definition) is 0. The molecule has 0 radical (unpaired) electrons. The molecule has 0 aliphatic carbocycles. The van der Waals surface area contributed by atoms with Crippen LogP contribution in [-0.4, -0.2) is 95.9 Å². The van der Waals surface area contributed by atoms with E-state index in [9.17, 15) is 9.59 Å². The summed E-state index contributed by atoms with van der Waals surface area (Å²) >= 11 is 0. The third-order valence-corrected chi connectivity index (χ3v) is 6.91. The molecule has 1 amide bonds. The Morgan fingerprint density at radius 2 is 1.82 bits per heavy atom.